The Morgan fingerprint density at radius 1 is 1.25 bits per heavy atom. The molecule has 1 aromatic carbocycles. The number of ether oxygens (including phenoxy) is 1. The molecule has 1 aliphatic heterocycles. The summed E-state index contributed by atoms with van der Waals surface area (Å²) in [6.45, 7) is 1.71. The number of aliphatic hydroxyl groups is 1. The van der Waals surface area contributed by atoms with Crippen molar-refractivity contribution in [2.45, 2.75) is 13.0 Å². The van der Waals surface area contributed by atoms with Crippen LogP contribution in [0.25, 0.3) is 10.2 Å². The van der Waals surface area contributed by atoms with E-state index in [1.165, 1.54) is 22.3 Å². The highest BCUT2D eigenvalue weighted by molar-refractivity contribution is 7.22. The first-order chi connectivity index (χ1) is 15.5. The molecule has 1 atom stereocenters. The number of hydrogen-bond donors (Lipinski definition) is 1. The Balaban J connectivity index is 1.66. The zero-order valence-corrected chi connectivity index (χ0v) is 17.9. The van der Waals surface area contributed by atoms with Crippen molar-refractivity contribution in [3.05, 3.63) is 83.3 Å². The highest BCUT2D eigenvalue weighted by atomic mass is 32.1. The number of ketones is 1. The second-order valence-electron chi connectivity index (χ2n) is 7.20. The van der Waals surface area contributed by atoms with E-state index in [4.69, 9.17) is 9.15 Å². The number of amides is 1. The van der Waals surface area contributed by atoms with Gasteiger partial charge in [0.2, 0.25) is 5.78 Å². The monoisotopic (exact) mass is 447 g/mol. The molecule has 0 aliphatic carbocycles. The van der Waals surface area contributed by atoms with Crippen LogP contribution in [0.1, 0.15) is 27.9 Å². The summed E-state index contributed by atoms with van der Waals surface area (Å²) in [6.07, 6.45) is 3.15. The first-order valence-electron chi connectivity index (χ1n) is 9.70. The Kier molecular flexibility index (Phi) is 4.75. The van der Waals surface area contributed by atoms with Gasteiger partial charge in [-0.1, -0.05) is 17.4 Å². The number of rotatable bonds is 5. The molecule has 9 heteroatoms. The Morgan fingerprint density at radius 2 is 2.09 bits per heavy atom. The number of carbonyl (C=O) groups excluding carboxylic acids is 2. The summed E-state index contributed by atoms with van der Waals surface area (Å²) in [5, 5.41) is 11.1. The molecule has 160 valence electrons. The van der Waals surface area contributed by atoms with Crippen LogP contribution in [0, 0.1) is 6.92 Å². The lowest BCUT2D eigenvalue weighted by Gasteiger charge is -2.23. The molecule has 32 heavy (non-hydrogen) atoms. The van der Waals surface area contributed by atoms with Crippen molar-refractivity contribution in [1.82, 2.24) is 9.97 Å². The maximum absolute atomic E-state index is 13.3. The van der Waals surface area contributed by atoms with E-state index in [0.717, 1.165) is 4.70 Å². The minimum Gasteiger partial charge on any atom is -0.503 e. The number of anilines is 1. The average Bonchev–Trinajstić information content (AvgIpc) is 3.49. The van der Waals surface area contributed by atoms with Gasteiger partial charge in [0.1, 0.15) is 11.5 Å². The number of nitrogens with zero attached hydrogens (tertiary/aromatic N) is 3. The van der Waals surface area contributed by atoms with Crippen LogP contribution in [0.4, 0.5) is 5.13 Å². The van der Waals surface area contributed by atoms with E-state index in [9.17, 15) is 14.7 Å². The lowest BCUT2D eigenvalue weighted by molar-refractivity contribution is -0.117. The molecule has 8 nitrogen and oxygen atoms in total. The number of aryl methyl sites for hydroxylation is 1. The first-order valence-corrected chi connectivity index (χ1v) is 10.5. The molecule has 0 unspecified atom stereocenters. The van der Waals surface area contributed by atoms with Crippen LogP contribution in [0.5, 0.6) is 5.75 Å². The van der Waals surface area contributed by atoms with E-state index in [0.29, 0.717) is 27.7 Å². The van der Waals surface area contributed by atoms with Crippen LogP contribution in [-0.2, 0) is 4.79 Å². The number of aliphatic hydroxyl groups excluding tert-OH is 1. The third-order valence-corrected chi connectivity index (χ3v) is 6.22. The number of benzene rings is 1. The minimum absolute atomic E-state index is 0.0432. The van der Waals surface area contributed by atoms with E-state index in [-0.39, 0.29) is 11.3 Å². The predicted molar refractivity (Wildman–Crippen MR) is 118 cm³/mol. The van der Waals surface area contributed by atoms with Crippen molar-refractivity contribution in [2.75, 3.05) is 12.0 Å². The highest BCUT2D eigenvalue weighted by Crippen LogP contribution is 2.44. The summed E-state index contributed by atoms with van der Waals surface area (Å²) < 4.78 is 11.5. The molecule has 4 heterocycles. The summed E-state index contributed by atoms with van der Waals surface area (Å²) in [5.74, 6) is -0.655. The fourth-order valence-corrected chi connectivity index (χ4v) is 4.72. The van der Waals surface area contributed by atoms with E-state index in [2.05, 4.69) is 9.97 Å². The number of hydrogen-bond acceptors (Lipinski definition) is 8. The zero-order valence-electron chi connectivity index (χ0n) is 17.1. The number of methoxy groups -OCH3 is 1. The first kappa shape index (κ1) is 20.0. The van der Waals surface area contributed by atoms with Gasteiger partial charge in [-0.25, -0.2) is 4.98 Å². The summed E-state index contributed by atoms with van der Waals surface area (Å²) in [5.41, 5.74) is 1.16. The molecule has 0 saturated heterocycles. The molecular weight excluding hydrogens is 430 g/mol. The summed E-state index contributed by atoms with van der Waals surface area (Å²) in [4.78, 5) is 36.5. The second-order valence-corrected chi connectivity index (χ2v) is 8.20. The number of carbonyl (C=O) groups is 2. The van der Waals surface area contributed by atoms with Gasteiger partial charge in [0, 0.05) is 12.4 Å². The molecule has 3 aromatic heterocycles. The Bertz CT molecular complexity index is 1390. The second kappa shape index (κ2) is 7.61. The van der Waals surface area contributed by atoms with Crippen molar-refractivity contribution in [1.29, 1.82) is 0 Å². The SMILES string of the molecule is COc1ccc2nc(N3C(=O)C(O)=C(C(=O)c4ccc(C)o4)[C@@H]3c3cccnc3)sc2c1. The molecule has 1 aliphatic rings. The van der Waals surface area contributed by atoms with Crippen molar-refractivity contribution < 1.29 is 23.8 Å². The Morgan fingerprint density at radius 3 is 2.78 bits per heavy atom. The standard InChI is InChI=1S/C23H17N3O5S/c1-12-5-8-16(31-12)20(27)18-19(13-4-3-9-24-11-13)26(22(29)21(18)28)23-25-15-7-6-14(30-2)10-17(15)32-23/h3-11,19,28H,1-2H3/t19-/m0/s1. The number of furan rings is 1. The van der Waals surface area contributed by atoms with Gasteiger partial charge >= 0.3 is 0 Å². The predicted octanol–water partition coefficient (Wildman–Crippen LogP) is 4.38. The van der Waals surface area contributed by atoms with Gasteiger partial charge in [0.15, 0.2) is 16.7 Å². The van der Waals surface area contributed by atoms with Gasteiger partial charge < -0.3 is 14.3 Å². The third kappa shape index (κ3) is 3.14. The molecular formula is C23H17N3O5S. The molecule has 0 spiro atoms. The fraction of sp³-hybridized carbons (Fsp3) is 0.130. The van der Waals surface area contributed by atoms with Crippen LogP contribution in [0.2, 0.25) is 0 Å². The topological polar surface area (TPSA) is 106 Å². The molecule has 0 saturated carbocycles. The Hall–Kier alpha value is -3.98. The summed E-state index contributed by atoms with van der Waals surface area (Å²) >= 11 is 1.26. The molecule has 4 aromatic rings. The number of thiazole rings is 1. The molecule has 5 rings (SSSR count). The highest BCUT2D eigenvalue weighted by Gasteiger charge is 2.46. The normalized spacial score (nSPS) is 16.2. The van der Waals surface area contributed by atoms with Crippen molar-refractivity contribution in [3.8, 4) is 5.75 Å². The quantitative estimate of drug-likeness (QED) is 0.453. The van der Waals surface area contributed by atoms with Crippen molar-refractivity contribution in [3.63, 3.8) is 0 Å². The minimum atomic E-state index is -0.906. The zero-order chi connectivity index (χ0) is 22.4. The number of fused-ring (bicyclic) bond motifs is 1. The smallest absolute Gasteiger partial charge is 0.296 e. The largest absolute Gasteiger partial charge is 0.503 e. The molecule has 1 amide bonds. The third-order valence-electron chi connectivity index (χ3n) is 5.21. The van der Waals surface area contributed by atoms with Gasteiger partial charge in [0.05, 0.1) is 28.9 Å². The van der Waals surface area contributed by atoms with Crippen LogP contribution >= 0.6 is 11.3 Å². The number of aromatic nitrogens is 2. The molecule has 0 fully saturated rings. The van der Waals surface area contributed by atoms with Crippen LogP contribution in [-0.4, -0.2) is 33.9 Å². The average molecular weight is 447 g/mol. The van der Waals surface area contributed by atoms with Crippen LogP contribution in [0.3, 0.4) is 0 Å². The van der Waals surface area contributed by atoms with E-state index < -0.39 is 23.5 Å². The van der Waals surface area contributed by atoms with Crippen molar-refractivity contribution >= 4 is 38.4 Å². The summed E-state index contributed by atoms with van der Waals surface area (Å²) in [7, 11) is 1.57. The van der Waals surface area contributed by atoms with E-state index >= 15 is 0 Å². The molecule has 1 N–H and O–H groups in total. The maximum Gasteiger partial charge on any atom is 0.296 e. The lowest BCUT2D eigenvalue weighted by Crippen LogP contribution is -2.31. The fourth-order valence-electron chi connectivity index (χ4n) is 3.70. The number of Topliss-reactive ketones (excluding diaryl/α,β-unsaturated/α-hetero) is 1. The van der Waals surface area contributed by atoms with Crippen LogP contribution in [0.15, 0.2) is 70.6 Å². The number of pyridine rings is 1. The van der Waals surface area contributed by atoms with Crippen LogP contribution < -0.4 is 9.64 Å². The summed E-state index contributed by atoms with van der Waals surface area (Å²) in [6, 6.07) is 11.1. The van der Waals surface area contributed by atoms with Gasteiger partial charge in [-0.3, -0.25) is 19.5 Å². The molecule has 0 bridgehead atoms. The maximum atomic E-state index is 13.3. The lowest BCUT2D eigenvalue weighted by atomic mass is 9.96. The van der Waals surface area contributed by atoms with Gasteiger partial charge in [-0.2, -0.15) is 0 Å². The van der Waals surface area contributed by atoms with Gasteiger partial charge in [-0.05, 0) is 48.9 Å². The van der Waals surface area contributed by atoms with Gasteiger partial charge in [-0.15, -0.1) is 0 Å². The van der Waals surface area contributed by atoms with E-state index in [1.54, 1.807) is 56.8 Å². The Labute approximate surface area is 186 Å². The van der Waals surface area contributed by atoms with Gasteiger partial charge in [0.25, 0.3) is 5.91 Å². The van der Waals surface area contributed by atoms with Crippen molar-refractivity contribution in [2.24, 2.45) is 0 Å². The molecule has 0 radical (unpaired) electrons. The van der Waals surface area contributed by atoms with E-state index in [1.807, 2.05) is 6.07 Å².